The number of alkyl carbamates (subject to hydrolysis) is 1. The molecule has 2 aromatic carbocycles. The molecule has 2 atom stereocenters. The average molecular weight is 638 g/mol. The molecule has 14 nitrogen and oxygen atoms in total. The number of nitrogens with one attached hydrogen (secondary N) is 4. The number of aromatic amines is 1. The SMILES string of the molecule is CCCCCNC(=O)[C@H](Cc1ccc(OCC(=O)OC)c(-c2nn[nH]n2)c1)NC(=O)[C@H](Cc1ccccc1)NC(=O)OC(C)(C)C. The molecular formula is C32H43N7O7. The molecule has 14 heteroatoms. The lowest BCUT2D eigenvalue weighted by molar-refractivity contribution is -0.142. The summed E-state index contributed by atoms with van der Waals surface area (Å²) < 4.78 is 15.7. The van der Waals surface area contributed by atoms with E-state index in [2.05, 4.69) is 48.2 Å². The van der Waals surface area contributed by atoms with Crippen LogP contribution >= 0.6 is 0 Å². The van der Waals surface area contributed by atoms with Gasteiger partial charge in [0.2, 0.25) is 17.6 Å². The molecule has 0 aliphatic heterocycles. The molecule has 3 amide bonds. The number of nitrogens with zero attached hydrogens (tertiary/aromatic N) is 3. The lowest BCUT2D eigenvalue weighted by Crippen LogP contribution is -2.55. The Bertz CT molecular complexity index is 1430. The summed E-state index contributed by atoms with van der Waals surface area (Å²) >= 11 is 0. The molecule has 46 heavy (non-hydrogen) atoms. The summed E-state index contributed by atoms with van der Waals surface area (Å²) in [6.07, 6.45) is 2.21. The lowest BCUT2D eigenvalue weighted by Gasteiger charge is -2.25. The maximum absolute atomic E-state index is 13.8. The summed E-state index contributed by atoms with van der Waals surface area (Å²) in [6, 6.07) is 12.2. The van der Waals surface area contributed by atoms with Gasteiger partial charge in [0.05, 0.1) is 12.7 Å². The van der Waals surface area contributed by atoms with Crippen LogP contribution in [0, 0.1) is 0 Å². The average Bonchev–Trinajstić information content (AvgIpc) is 3.56. The van der Waals surface area contributed by atoms with E-state index in [0.717, 1.165) is 24.8 Å². The van der Waals surface area contributed by atoms with Crippen molar-refractivity contribution in [2.75, 3.05) is 20.3 Å². The van der Waals surface area contributed by atoms with E-state index < -0.39 is 35.7 Å². The van der Waals surface area contributed by atoms with E-state index >= 15 is 0 Å². The van der Waals surface area contributed by atoms with Crippen molar-refractivity contribution in [3.05, 3.63) is 59.7 Å². The number of carbonyl (C=O) groups is 4. The molecule has 0 bridgehead atoms. The van der Waals surface area contributed by atoms with Gasteiger partial charge in [-0.15, -0.1) is 10.2 Å². The second kappa shape index (κ2) is 17.5. The van der Waals surface area contributed by atoms with E-state index in [-0.39, 0.29) is 31.2 Å². The van der Waals surface area contributed by atoms with E-state index in [4.69, 9.17) is 9.47 Å². The number of rotatable bonds is 16. The molecule has 0 spiro atoms. The Balaban J connectivity index is 1.89. The van der Waals surface area contributed by atoms with Crippen LogP contribution in [-0.2, 0) is 36.7 Å². The first-order valence-corrected chi connectivity index (χ1v) is 15.2. The van der Waals surface area contributed by atoms with Gasteiger partial charge >= 0.3 is 12.1 Å². The smallest absolute Gasteiger partial charge is 0.408 e. The van der Waals surface area contributed by atoms with Crippen molar-refractivity contribution in [1.82, 2.24) is 36.6 Å². The molecule has 0 aliphatic carbocycles. The Morgan fingerprint density at radius 3 is 2.28 bits per heavy atom. The molecular weight excluding hydrogens is 594 g/mol. The first-order valence-electron chi connectivity index (χ1n) is 15.2. The predicted molar refractivity (Wildman–Crippen MR) is 169 cm³/mol. The number of esters is 1. The number of unbranched alkanes of at least 4 members (excludes halogenated alkanes) is 2. The van der Waals surface area contributed by atoms with E-state index in [0.29, 0.717) is 23.4 Å². The highest BCUT2D eigenvalue weighted by molar-refractivity contribution is 5.91. The molecule has 1 heterocycles. The predicted octanol–water partition coefficient (Wildman–Crippen LogP) is 2.89. The third-order valence-electron chi connectivity index (χ3n) is 6.65. The molecule has 3 aromatic rings. The van der Waals surface area contributed by atoms with Gasteiger partial charge in [0, 0.05) is 19.4 Å². The number of hydrogen-bond acceptors (Lipinski definition) is 10. The van der Waals surface area contributed by atoms with Crippen molar-refractivity contribution in [2.45, 2.75) is 77.5 Å². The summed E-state index contributed by atoms with van der Waals surface area (Å²) in [5, 5.41) is 22.5. The van der Waals surface area contributed by atoms with Crippen LogP contribution in [0.25, 0.3) is 11.4 Å². The summed E-state index contributed by atoms with van der Waals surface area (Å²) in [6.45, 7) is 7.35. The van der Waals surface area contributed by atoms with Crippen molar-refractivity contribution in [3.8, 4) is 17.1 Å². The highest BCUT2D eigenvalue weighted by Crippen LogP contribution is 2.29. The number of amides is 3. The van der Waals surface area contributed by atoms with Crippen LogP contribution in [0.2, 0.25) is 0 Å². The van der Waals surface area contributed by atoms with Crippen molar-refractivity contribution in [2.24, 2.45) is 0 Å². The molecule has 0 aliphatic rings. The highest BCUT2D eigenvalue weighted by Gasteiger charge is 2.29. The normalized spacial score (nSPS) is 12.4. The Hall–Kier alpha value is -5.01. The fourth-order valence-electron chi connectivity index (χ4n) is 4.41. The Kier molecular flexibility index (Phi) is 13.5. The summed E-state index contributed by atoms with van der Waals surface area (Å²) in [4.78, 5) is 51.6. The summed E-state index contributed by atoms with van der Waals surface area (Å²) in [7, 11) is 1.25. The third-order valence-corrected chi connectivity index (χ3v) is 6.65. The maximum atomic E-state index is 13.8. The number of tetrazole rings is 1. The van der Waals surface area contributed by atoms with Crippen LogP contribution in [0.5, 0.6) is 5.75 Å². The fourth-order valence-corrected chi connectivity index (χ4v) is 4.41. The third kappa shape index (κ3) is 11.8. The second-order valence-electron chi connectivity index (χ2n) is 11.6. The number of carbonyl (C=O) groups excluding carboxylic acids is 4. The van der Waals surface area contributed by atoms with Gasteiger partial charge in [-0.1, -0.05) is 56.2 Å². The van der Waals surface area contributed by atoms with E-state index in [1.807, 2.05) is 30.3 Å². The van der Waals surface area contributed by atoms with Crippen molar-refractivity contribution in [3.63, 3.8) is 0 Å². The molecule has 0 saturated carbocycles. The zero-order valence-corrected chi connectivity index (χ0v) is 26.9. The van der Waals surface area contributed by atoms with E-state index in [9.17, 15) is 19.2 Å². The quantitative estimate of drug-likeness (QED) is 0.134. The number of methoxy groups -OCH3 is 1. The van der Waals surface area contributed by atoms with Gasteiger partial charge in [-0.3, -0.25) is 9.59 Å². The topological polar surface area (TPSA) is 187 Å². The van der Waals surface area contributed by atoms with Gasteiger partial charge in [0.25, 0.3) is 0 Å². The Labute approximate surface area is 268 Å². The van der Waals surface area contributed by atoms with Crippen LogP contribution in [0.4, 0.5) is 4.79 Å². The van der Waals surface area contributed by atoms with E-state index in [1.165, 1.54) is 7.11 Å². The minimum Gasteiger partial charge on any atom is -0.481 e. The zero-order chi connectivity index (χ0) is 33.5. The van der Waals surface area contributed by atoms with Crippen LogP contribution < -0.4 is 20.7 Å². The van der Waals surface area contributed by atoms with Crippen LogP contribution in [0.1, 0.15) is 58.1 Å². The first kappa shape index (κ1) is 35.5. The molecule has 1 aromatic heterocycles. The van der Waals surface area contributed by atoms with Gasteiger partial charge in [0.15, 0.2) is 6.61 Å². The number of benzene rings is 2. The lowest BCUT2D eigenvalue weighted by atomic mass is 10.0. The zero-order valence-electron chi connectivity index (χ0n) is 26.9. The maximum Gasteiger partial charge on any atom is 0.408 e. The minimum absolute atomic E-state index is 0.0813. The van der Waals surface area contributed by atoms with Gasteiger partial charge in [-0.25, -0.2) is 9.59 Å². The number of ether oxygens (including phenoxy) is 3. The first-order chi connectivity index (χ1) is 22.0. The molecule has 3 rings (SSSR count). The number of aromatic nitrogens is 4. The van der Waals surface area contributed by atoms with E-state index in [1.54, 1.807) is 39.0 Å². The largest absolute Gasteiger partial charge is 0.481 e. The monoisotopic (exact) mass is 637 g/mol. The van der Waals surface area contributed by atoms with Crippen LogP contribution in [0.15, 0.2) is 48.5 Å². The van der Waals surface area contributed by atoms with Gasteiger partial charge in [0.1, 0.15) is 23.4 Å². The van der Waals surface area contributed by atoms with Crippen molar-refractivity contribution >= 4 is 23.9 Å². The summed E-state index contributed by atoms with van der Waals surface area (Å²) in [5.41, 5.74) is 1.09. The minimum atomic E-state index is -1.03. The van der Waals surface area contributed by atoms with Gasteiger partial charge in [-0.05, 0) is 55.7 Å². The van der Waals surface area contributed by atoms with Crippen LogP contribution in [-0.4, -0.2) is 82.4 Å². The molecule has 248 valence electrons. The van der Waals surface area contributed by atoms with Crippen LogP contribution in [0.3, 0.4) is 0 Å². The molecule has 0 radical (unpaired) electrons. The van der Waals surface area contributed by atoms with Gasteiger partial charge < -0.3 is 30.2 Å². The molecule has 0 unspecified atom stereocenters. The highest BCUT2D eigenvalue weighted by atomic mass is 16.6. The fraction of sp³-hybridized carbons (Fsp3) is 0.469. The standard InChI is InChI=1S/C32H43N7O7/c1-6-7-11-16-33-29(41)24(19-22-14-15-26(45-20-27(40)44-5)23(17-22)28-36-38-39-37-28)34-30(42)25(18-21-12-9-8-10-13-21)35-31(43)46-32(2,3)4/h8-10,12-15,17,24-25H,6-7,11,16,18-20H2,1-5H3,(H,33,41)(H,34,42)(H,35,43)(H,36,37,38,39)/t24-,25-/m0/s1. The molecule has 0 fully saturated rings. The second-order valence-corrected chi connectivity index (χ2v) is 11.6. The Morgan fingerprint density at radius 2 is 1.63 bits per heavy atom. The molecule has 0 saturated heterocycles. The van der Waals surface area contributed by atoms with Crippen molar-refractivity contribution in [1.29, 1.82) is 0 Å². The van der Waals surface area contributed by atoms with Gasteiger partial charge in [-0.2, -0.15) is 5.21 Å². The number of H-pyrrole nitrogens is 1. The number of hydrogen-bond donors (Lipinski definition) is 4. The summed E-state index contributed by atoms with van der Waals surface area (Å²) in [5.74, 6) is -1.01. The molecule has 4 N–H and O–H groups in total. The Morgan fingerprint density at radius 1 is 0.913 bits per heavy atom. The van der Waals surface area contributed by atoms with Crippen molar-refractivity contribution < 1.29 is 33.4 Å².